The lowest BCUT2D eigenvalue weighted by molar-refractivity contribution is 0.0600. The second-order valence-corrected chi connectivity index (χ2v) is 5.22. The van der Waals surface area contributed by atoms with Gasteiger partial charge in [-0.2, -0.15) is 0 Å². The molecule has 0 aliphatic heterocycles. The number of aliphatic hydroxyl groups excluding tert-OH is 1. The number of nitrogens with zero attached hydrogens (tertiary/aromatic N) is 1. The molecule has 1 aliphatic carbocycles. The molecular weight excluding hydrogens is 256 g/mol. The number of pyridine rings is 1. The van der Waals surface area contributed by atoms with Crippen molar-refractivity contribution in [3.63, 3.8) is 0 Å². The summed E-state index contributed by atoms with van der Waals surface area (Å²) in [5, 5.41) is 13.4. The van der Waals surface area contributed by atoms with E-state index < -0.39 is 0 Å². The van der Waals surface area contributed by atoms with Gasteiger partial charge in [0.05, 0.1) is 24.5 Å². The van der Waals surface area contributed by atoms with Gasteiger partial charge in [0, 0.05) is 18.8 Å². The van der Waals surface area contributed by atoms with Crippen LogP contribution in [0.3, 0.4) is 0 Å². The molecule has 2 N–H and O–H groups in total. The summed E-state index contributed by atoms with van der Waals surface area (Å²) in [6.45, 7) is 0.600. The number of nitrogens with one attached hydrogen (secondary N) is 1. The third-order valence-electron chi connectivity index (χ3n) is 3.77. The van der Waals surface area contributed by atoms with Crippen molar-refractivity contribution in [2.45, 2.75) is 50.8 Å². The lowest BCUT2D eigenvalue weighted by Crippen LogP contribution is -2.38. The van der Waals surface area contributed by atoms with Crippen molar-refractivity contribution < 1.29 is 14.6 Å². The van der Waals surface area contributed by atoms with Gasteiger partial charge in [-0.05, 0) is 25.0 Å². The van der Waals surface area contributed by atoms with Crippen LogP contribution in [-0.4, -0.2) is 35.3 Å². The Labute approximate surface area is 119 Å². The average Bonchev–Trinajstić information content (AvgIpc) is 2.69. The van der Waals surface area contributed by atoms with Crippen molar-refractivity contribution >= 4 is 5.97 Å². The molecule has 2 rings (SSSR count). The van der Waals surface area contributed by atoms with Gasteiger partial charge in [-0.1, -0.05) is 19.3 Å². The van der Waals surface area contributed by atoms with Gasteiger partial charge in [-0.15, -0.1) is 0 Å². The molecule has 1 aromatic heterocycles. The van der Waals surface area contributed by atoms with Crippen LogP contribution in [0.4, 0.5) is 0 Å². The summed E-state index contributed by atoms with van der Waals surface area (Å²) in [5.41, 5.74) is 1.31. The molecule has 0 aromatic carbocycles. The molecule has 1 aliphatic rings. The second-order valence-electron chi connectivity index (χ2n) is 5.22. The van der Waals surface area contributed by atoms with Crippen LogP contribution in [0.2, 0.25) is 0 Å². The van der Waals surface area contributed by atoms with Gasteiger partial charge in [-0.3, -0.25) is 4.98 Å². The van der Waals surface area contributed by atoms with Crippen molar-refractivity contribution in [2.24, 2.45) is 0 Å². The maximum atomic E-state index is 11.3. The second kappa shape index (κ2) is 7.36. The highest BCUT2D eigenvalue weighted by Gasteiger charge is 2.20. The Hall–Kier alpha value is -1.46. The highest BCUT2D eigenvalue weighted by Crippen LogP contribution is 2.18. The standard InChI is InChI=1S/C15H22N2O3/c1-20-15(19)11-7-8-12(16-9-11)10-17-13-5-3-2-4-6-14(13)18/h7-9,13-14,17-18H,2-6,10H2,1H3. The third kappa shape index (κ3) is 4.02. The SMILES string of the molecule is COC(=O)c1ccc(CNC2CCCCCC2O)nc1. The van der Waals surface area contributed by atoms with Crippen LogP contribution in [0.1, 0.15) is 48.2 Å². The van der Waals surface area contributed by atoms with E-state index in [1.165, 1.54) is 19.7 Å². The molecule has 0 radical (unpaired) electrons. The van der Waals surface area contributed by atoms with Gasteiger partial charge in [0.25, 0.3) is 0 Å². The number of carbonyl (C=O) groups is 1. The van der Waals surface area contributed by atoms with Crippen LogP contribution < -0.4 is 5.32 Å². The zero-order valence-corrected chi connectivity index (χ0v) is 11.8. The summed E-state index contributed by atoms with van der Waals surface area (Å²) in [5.74, 6) is -0.379. The molecular formula is C15H22N2O3. The maximum absolute atomic E-state index is 11.3. The third-order valence-corrected chi connectivity index (χ3v) is 3.77. The summed E-state index contributed by atoms with van der Waals surface area (Å²) in [6, 6.07) is 3.65. The predicted molar refractivity (Wildman–Crippen MR) is 75.3 cm³/mol. The van der Waals surface area contributed by atoms with Crippen LogP contribution >= 0.6 is 0 Å². The van der Waals surface area contributed by atoms with Gasteiger partial charge in [0.2, 0.25) is 0 Å². The van der Waals surface area contributed by atoms with Gasteiger partial charge >= 0.3 is 5.97 Å². The minimum Gasteiger partial charge on any atom is -0.465 e. The topological polar surface area (TPSA) is 71.5 Å². The first-order valence-electron chi connectivity index (χ1n) is 7.15. The number of ether oxygens (including phenoxy) is 1. The fraction of sp³-hybridized carbons (Fsp3) is 0.600. The van der Waals surface area contributed by atoms with Crippen molar-refractivity contribution in [3.05, 3.63) is 29.6 Å². The normalized spacial score (nSPS) is 23.1. The number of hydrogen-bond acceptors (Lipinski definition) is 5. The van der Waals surface area contributed by atoms with E-state index in [1.807, 2.05) is 6.07 Å². The van der Waals surface area contributed by atoms with Crippen LogP contribution in [0.15, 0.2) is 18.3 Å². The Morgan fingerprint density at radius 2 is 2.20 bits per heavy atom. The van der Waals surface area contributed by atoms with Gasteiger partial charge in [0.15, 0.2) is 0 Å². The molecule has 2 atom stereocenters. The van der Waals surface area contributed by atoms with Crippen LogP contribution in [0.5, 0.6) is 0 Å². The lowest BCUT2D eigenvalue weighted by atomic mass is 10.1. The quantitative estimate of drug-likeness (QED) is 0.647. The smallest absolute Gasteiger partial charge is 0.339 e. The van der Waals surface area contributed by atoms with Gasteiger partial charge < -0.3 is 15.2 Å². The van der Waals surface area contributed by atoms with Crippen molar-refractivity contribution in [1.29, 1.82) is 0 Å². The summed E-state index contributed by atoms with van der Waals surface area (Å²) >= 11 is 0. The first kappa shape index (κ1) is 14.9. The Bertz CT molecular complexity index is 433. The van der Waals surface area contributed by atoms with Crippen molar-refractivity contribution in [3.8, 4) is 0 Å². The monoisotopic (exact) mass is 278 g/mol. The fourth-order valence-corrected chi connectivity index (χ4v) is 2.53. The Morgan fingerprint density at radius 3 is 2.90 bits per heavy atom. The van der Waals surface area contributed by atoms with Crippen LogP contribution in [0.25, 0.3) is 0 Å². The number of rotatable bonds is 4. The summed E-state index contributed by atoms with van der Waals surface area (Å²) in [6.07, 6.45) is 6.57. The number of methoxy groups -OCH3 is 1. The highest BCUT2D eigenvalue weighted by molar-refractivity contribution is 5.88. The van der Waals surface area contributed by atoms with Gasteiger partial charge in [0.1, 0.15) is 0 Å². The first-order valence-corrected chi connectivity index (χ1v) is 7.15. The van der Waals surface area contributed by atoms with Crippen molar-refractivity contribution in [1.82, 2.24) is 10.3 Å². The van der Waals surface area contributed by atoms with E-state index in [0.29, 0.717) is 12.1 Å². The summed E-state index contributed by atoms with van der Waals surface area (Å²) in [7, 11) is 1.35. The molecule has 5 nitrogen and oxygen atoms in total. The molecule has 2 unspecified atom stereocenters. The number of hydrogen-bond donors (Lipinski definition) is 2. The highest BCUT2D eigenvalue weighted by atomic mass is 16.5. The average molecular weight is 278 g/mol. The van der Waals surface area contributed by atoms with E-state index in [4.69, 9.17) is 0 Å². The van der Waals surface area contributed by atoms with E-state index in [1.54, 1.807) is 6.07 Å². The van der Waals surface area contributed by atoms with E-state index in [2.05, 4.69) is 15.0 Å². The Morgan fingerprint density at radius 1 is 1.40 bits per heavy atom. The minimum atomic E-state index is -0.379. The molecule has 0 bridgehead atoms. The molecule has 5 heteroatoms. The number of aliphatic hydroxyl groups is 1. The number of carbonyl (C=O) groups excluding carboxylic acids is 1. The molecule has 0 saturated heterocycles. The van der Waals surface area contributed by atoms with E-state index in [-0.39, 0.29) is 18.1 Å². The molecule has 1 aromatic rings. The largest absolute Gasteiger partial charge is 0.465 e. The van der Waals surface area contributed by atoms with Gasteiger partial charge in [-0.25, -0.2) is 4.79 Å². The lowest BCUT2D eigenvalue weighted by Gasteiger charge is -2.21. The zero-order valence-electron chi connectivity index (χ0n) is 11.8. The predicted octanol–water partition coefficient (Wildman–Crippen LogP) is 1.65. The maximum Gasteiger partial charge on any atom is 0.339 e. The van der Waals surface area contributed by atoms with E-state index >= 15 is 0 Å². The minimum absolute atomic E-state index is 0.139. The summed E-state index contributed by atoms with van der Waals surface area (Å²) in [4.78, 5) is 15.5. The Balaban J connectivity index is 1.88. The molecule has 0 spiro atoms. The molecule has 1 fully saturated rings. The van der Waals surface area contributed by atoms with Crippen LogP contribution in [-0.2, 0) is 11.3 Å². The fourth-order valence-electron chi connectivity index (χ4n) is 2.53. The molecule has 1 saturated carbocycles. The number of aromatic nitrogens is 1. The molecule has 0 amide bonds. The molecule has 1 heterocycles. The summed E-state index contributed by atoms with van der Waals surface area (Å²) < 4.78 is 4.63. The molecule has 20 heavy (non-hydrogen) atoms. The molecule has 110 valence electrons. The van der Waals surface area contributed by atoms with E-state index in [0.717, 1.165) is 31.4 Å². The zero-order chi connectivity index (χ0) is 14.4. The Kier molecular flexibility index (Phi) is 5.49. The number of esters is 1. The van der Waals surface area contributed by atoms with E-state index in [9.17, 15) is 9.90 Å². The van der Waals surface area contributed by atoms with Crippen molar-refractivity contribution in [2.75, 3.05) is 7.11 Å². The first-order chi connectivity index (χ1) is 9.70. The van der Waals surface area contributed by atoms with Crippen LogP contribution in [0, 0.1) is 0 Å².